The molecule has 0 bridgehead atoms. The number of nitrogens with zero attached hydrogens (tertiary/aromatic N) is 2. The number of unbranched alkanes of at least 4 members (excludes halogenated alkanes) is 2. The number of carbonyl (C=O) groups is 5. The lowest BCUT2D eigenvalue weighted by molar-refractivity contribution is -0.141. The molecule has 3 fully saturated rings. The minimum Gasteiger partial charge on any atom is -0.508 e. The van der Waals surface area contributed by atoms with Crippen molar-refractivity contribution < 1.29 is 43.3 Å². The molecule has 46 heavy (non-hydrogen) atoms. The average Bonchev–Trinajstić information content (AvgIpc) is 3.35. The Bertz CT molecular complexity index is 1680. The van der Waals surface area contributed by atoms with Gasteiger partial charge in [0, 0.05) is 24.4 Å². The number of hydrogen-bond donors (Lipinski definition) is 2. The van der Waals surface area contributed by atoms with Crippen LogP contribution in [0.25, 0.3) is 0 Å². The second-order valence-electron chi connectivity index (χ2n) is 12.2. The number of halogens is 3. The zero-order chi connectivity index (χ0) is 33.1. The maximum Gasteiger partial charge on any atom is 0.303 e. The molecule has 1 saturated carbocycles. The molecule has 6 rings (SSSR count). The number of carboxylic acid groups (broad SMARTS) is 1. The summed E-state index contributed by atoms with van der Waals surface area (Å²) in [7, 11) is 1.42. The number of amides is 4. The number of allylic oxidation sites excluding steroid dienone is 2. The number of fused-ring (bicyclic) bond motifs is 4. The van der Waals surface area contributed by atoms with E-state index in [9.17, 15) is 33.5 Å². The highest BCUT2D eigenvalue weighted by Crippen LogP contribution is 2.66. The highest BCUT2D eigenvalue weighted by molar-refractivity contribution is 6.58. The SMILES string of the molecule is COc1ccc(O)c([C@H]2C3=CC[C@@H]4C(=O)N(CCCCCC(=O)O)C(=O)[C@@H]4[C@@H]3C[C@@]3(Cl)C(=O)N(c4ccc(F)cc4)C(=O)[C@@]23Cl)c1. The number of carbonyl (C=O) groups excluding carboxylic acids is 4. The third-order valence-electron chi connectivity index (χ3n) is 9.81. The van der Waals surface area contributed by atoms with Crippen LogP contribution in [-0.2, 0) is 24.0 Å². The predicted molar refractivity (Wildman–Crippen MR) is 164 cm³/mol. The van der Waals surface area contributed by atoms with E-state index in [2.05, 4.69) is 0 Å². The Morgan fingerprint density at radius 2 is 1.72 bits per heavy atom. The molecule has 2 heterocycles. The minimum atomic E-state index is -2.19. The summed E-state index contributed by atoms with van der Waals surface area (Å²) in [6, 6.07) is 9.09. The second kappa shape index (κ2) is 11.7. The molecule has 2 aromatic rings. The van der Waals surface area contributed by atoms with E-state index in [0.717, 1.165) is 17.0 Å². The fraction of sp³-hybridized carbons (Fsp3) is 0.424. The smallest absolute Gasteiger partial charge is 0.303 e. The number of anilines is 1. The normalized spacial score (nSPS) is 30.2. The number of likely N-dealkylation sites (tertiary alicyclic amines) is 1. The van der Waals surface area contributed by atoms with Crippen molar-refractivity contribution in [1.29, 1.82) is 0 Å². The van der Waals surface area contributed by atoms with E-state index in [4.69, 9.17) is 33.0 Å². The highest BCUT2D eigenvalue weighted by Gasteiger charge is 2.76. The van der Waals surface area contributed by atoms with Crippen molar-refractivity contribution >= 4 is 58.5 Å². The molecule has 10 nitrogen and oxygen atoms in total. The first-order valence-electron chi connectivity index (χ1n) is 15.0. The molecule has 0 unspecified atom stereocenters. The van der Waals surface area contributed by atoms with Crippen LogP contribution in [0, 0.1) is 23.6 Å². The van der Waals surface area contributed by atoms with E-state index in [1.54, 1.807) is 6.08 Å². The van der Waals surface area contributed by atoms with Crippen LogP contribution in [0.5, 0.6) is 11.5 Å². The number of aromatic hydroxyl groups is 1. The van der Waals surface area contributed by atoms with Gasteiger partial charge in [0.2, 0.25) is 11.8 Å². The topological polar surface area (TPSA) is 142 Å². The molecule has 0 spiro atoms. The van der Waals surface area contributed by atoms with Crippen molar-refractivity contribution in [1.82, 2.24) is 4.90 Å². The van der Waals surface area contributed by atoms with Gasteiger partial charge in [-0.1, -0.05) is 18.1 Å². The Kier molecular flexibility index (Phi) is 8.13. The molecule has 4 aliphatic rings. The predicted octanol–water partition coefficient (Wildman–Crippen LogP) is 4.75. The summed E-state index contributed by atoms with van der Waals surface area (Å²) in [5.41, 5.74) is 0.709. The third kappa shape index (κ3) is 4.69. The van der Waals surface area contributed by atoms with E-state index in [0.29, 0.717) is 30.6 Å². The molecule has 2 aromatic carbocycles. The van der Waals surface area contributed by atoms with Gasteiger partial charge in [-0.25, -0.2) is 9.29 Å². The van der Waals surface area contributed by atoms with Crippen LogP contribution in [0.2, 0.25) is 0 Å². The first-order chi connectivity index (χ1) is 21.8. The number of imide groups is 2. The first-order valence-corrected chi connectivity index (χ1v) is 15.8. The zero-order valence-corrected chi connectivity index (χ0v) is 26.3. The molecule has 0 aromatic heterocycles. The third-order valence-corrected chi connectivity index (χ3v) is 11.2. The Labute approximate surface area is 273 Å². The summed E-state index contributed by atoms with van der Waals surface area (Å²) in [5, 5.41) is 20.1. The van der Waals surface area contributed by atoms with Crippen LogP contribution in [0.3, 0.4) is 0 Å². The van der Waals surface area contributed by atoms with Crippen LogP contribution < -0.4 is 9.64 Å². The van der Waals surface area contributed by atoms with Gasteiger partial charge >= 0.3 is 5.97 Å². The molecular weight excluding hydrogens is 642 g/mol. The number of carboxylic acids is 1. The molecule has 6 atom stereocenters. The number of alkyl halides is 2. The van der Waals surface area contributed by atoms with Gasteiger partial charge in [-0.15, -0.1) is 23.2 Å². The van der Waals surface area contributed by atoms with Gasteiger partial charge in [0.25, 0.3) is 11.8 Å². The number of phenols is 1. The van der Waals surface area contributed by atoms with Crippen LogP contribution in [0.4, 0.5) is 10.1 Å². The number of phenolic OH excluding ortho intramolecular Hbond substituents is 1. The summed E-state index contributed by atoms with van der Waals surface area (Å²) < 4.78 is 19.2. The van der Waals surface area contributed by atoms with Gasteiger partial charge in [0.1, 0.15) is 17.3 Å². The van der Waals surface area contributed by atoms with E-state index < -0.39 is 62.9 Å². The second-order valence-corrected chi connectivity index (χ2v) is 13.4. The van der Waals surface area contributed by atoms with Gasteiger partial charge in [0.05, 0.1) is 24.6 Å². The monoisotopic (exact) mass is 672 g/mol. The summed E-state index contributed by atoms with van der Waals surface area (Å²) >= 11 is 14.6. The van der Waals surface area contributed by atoms with Crippen LogP contribution in [0.15, 0.2) is 54.1 Å². The van der Waals surface area contributed by atoms with Gasteiger partial charge in [-0.3, -0.25) is 28.9 Å². The van der Waals surface area contributed by atoms with Crippen molar-refractivity contribution in [2.45, 2.75) is 54.2 Å². The lowest BCUT2D eigenvalue weighted by Gasteiger charge is -2.50. The van der Waals surface area contributed by atoms with Gasteiger partial charge in [-0.2, -0.15) is 0 Å². The molecule has 4 amide bonds. The number of benzene rings is 2. The molecule has 2 aliphatic heterocycles. The lowest BCUT2D eigenvalue weighted by Crippen LogP contribution is -2.60. The lowest BCUT2D eigenvalue weighted by atomic mass is 9.56. The fourth-order valence-electron chi connectivity index (χ4n) is 7.64. The van der Waals surface area contributed by atoms with E-state index >= 15 is 0 Å². The quantitative estimate of drug-likeness (QED) is 0.168. The number of aliphatic carboxylic acids is 1. The molecule has 13 heteroatoms. The van der Waals surface area contributed by atoms with Crippen molar-refractivity contribution in [2.75, 3.05) is 18.6 Å². The van der Waals surface area contributed by atoms with E-state index in [1.807, 2.05) is 0 Å². The number of methoxy groups -OCH3 is 1. The number of ether oxygens (including phenoxy) is 1. The van der Waals surface area contributed by atoms with Crippen LogP contribution in [0.1, 0.15) is 50.0 Å². The fourth-order valence-corrected chi connectivity index (χ4v) is 8.57. The highest BCUT2D eigenvalue weighted by atomic mass is 35.5. The Balaban J connectivity index is 1.44. The largest absolute Gasteiger partial charge is 0.508 e. The minimum absolute atomic E-state index is 0.0132. The Morgan fingerprint density at radius 1 is 1.00 bits per heavy atom. The molecule has 2 aliphatic carbocycles. The molecule has 242 valence electrons. The standard InChI is InChI=1S/C33H31Cl2FN2O8/c1-46-19-10-13-24(39)22(15-19)27-20-11-12-21-26(29(43)37(28(21)42)14-4-2-3-5-25(40)41)23(20)16-32(34)30(44)38(31(45)33(27,32)35)18-8-6-17(36)7-9-18/h6-11,13,15,21,23,26-27,39H,2-5,12,14,16H2,1H3,(H,40,41)/t21-,23+,26-,27+,32+,33-/m0/s1. The van der Waals surface area contributed by atoms with Crippen LogP contribution in [-0.4, -0.2) is 68.1 Å². The van der Waals surface area contributed by atoms with Gasteiger partial charge in [-0.05, 0) is 74.1 Å². The van der Waals surface area contributed by atoms with Crippen LogP contribution >= 0.6 is 23.2 Å². The zero-order valence-electron chi connectivity index (χ0n) is 24.8. The van der Waals surface area contributed by atoms with Gasteiger partial charge in [0.15, 0.2) is 9.75 Å². The Hall–Kier alpha value is -3.96. The Morgan fingerprint density at radius 3 is 2.39 bits per heavy atom. The van der Waals surface area contributed by atoms with E-state index in [1.165, 1.54) is 42.3 Å². The maximum atomic E-state index is 14.4. The number of hydrogen-bond acceptors (Lipinski definition) is 7. The summed E-state index contributed by atoms with van der Waals surface area (Å²) in [5.74, 6) is -7.59. The van der Waals surface area contributed by atoms with E-state index in [-0.39, 0.29) is 48.7 Å². The molecule has 2 N–H and O–H groups in total. The first kappa shape index (κ1) is 32.0. The van der Waals surface area contributed by atoms with Crippen molar-refractivity contribution in [2.24, 2.45) is 17.8 Å². The van der Waals surface area contributed by atoms with Crippen molar-refractivity contribution in [3.05, 3.63) is 65.5 Å². The van der Waals surface area contributed by atoms with Crippen molar-refractivity contribution in [3.63, 3.8) is 0 Å². The summed E-state index contributed by atoms with van der Waals surface area (Å²) in [4.78, 5) is 64.7. The summed E-state index contributed by atoms with van der Waals surface area (Å²) in [6.45, 7) is 0.119. The van der Waals surface area contributed by atoms with Gasteiger partial charge < -0.3 is 14.9 Å². The molecule has 0 radical (unpaired) electrons. The molecular formula is C33H31Cl2FN2O8. The van der Waals surface area contributed by atoms with Crippen molar-refractivity contribution in [3.8, 4) is 11.5 Å². The number of rotatable bonds is 9. The summed E-state index contributed by atoms with van der Waals surface area (Å²) in [6.07, 6.45) is 3.00. The molecule has 2 saturated heterocycles. The average molecular weight is 674 g/mol. The maximum absolute atomic E-state index is 14.4.